The van der Waals surface area contributed by atoms with Gasteiger partial charge < -0.3 is 20.3 Å². The minimum Gasteiger partial charge on any atom is -0.487 e. The van der Waals surface area contributed by atoms with Crippen LogP contribution in [-0.2, 0) is 4.79 Å². The molecule has 2 N–H and O–H groups in total. The Morgan fingerprint density at radius 3 is 2.61 bits per heavy atom. The van der Waals surface area contributed by atoms with Crippen molar-refractivity contribution in [3.8, 4) is 5.75 Å². The van der Waals surface area contributed by atoms with Crippen LogP contribution < -0.4 is 15.4 Å². The maximum absolute atomic E-state index is 12.8. The number of rotatable bonds is 8. The van der Waals surface area contributed by atoms with Crippen molar-refractivity contribution < 1.29 is 14.3 Å². The molecule has 31 heavy (non-hydrogen) atoms. The summed E-state index contributed by atoms with van der Waals surface area (Å²) in [4.78, 5) is 27.1. The largest absolute Gasteiger partial charge is 0.487 e. The highest BCUT2D eigenvalue weighted by Gasteiger charge is 2.21. The SMILES string of the molecule is C=C(C)COc1ccccc1NC(=O)CNc1cccc(C(=O)N2CCC(C)CC2)c1. The van der Waals surface area contributed by atoms with E-state index >= 15 is 0 Å². The van der Waals surface area contributed by atoms with Gasteiger partial charge in [0.1, 0.15) is 12.4 Å². The van der Waals surface area contributed by atoms with Crippen molar-refractivity contribution in [1.29, 1.82) is 0 Å². The summed E-state index contributed by atoms with van der Waals surface area (Å²) in [5.74, 6) is 1.12. The summed E-state index contributed by atoms with van der Waals surface area (Å²) in [6.45, 7) is 10.0. The van der Waals surface area contributed by atoms with Gasteiger partial charge in [-0.2, -0.15) is 0 Å². The highest BCUT2D eigenvalue weighted by atomic mass is 16.5. The number of anilines is 2. The summed E-state index contributed by atoms with van der Waals surface area (Å²) < 4.78 is 5.69. The molecule has 164 valence electrons. The molecule has 2 aromatic rings. The second kappa shape index (κ2) is 10.7. The lowest BCUT2D eigenvalue weighted by atomic mass is 9.98. The predicted octanol–water partition coefficient (Wildman–Crippen LogP) is 4.56. The van der Waals surface area contributed by atoms with Crippen molar-refractivity contribution >= 4 is 23.2 Å². The standard InChI is InChI=1S/C25H31N3O3/c1-18(2)17-31-23-10-5-4-9-22(23)27-24(29)16-26-21-8-6-7-20(15-21)25(30)28-13-11-19(3)12-14-28/h4-10,15,19,26H,1,11-14,16-17H2,2-3H3,(H,27,29). The predicted molar refractivity (Wildman–Crippen MR) is 125 cm³/mol. The normalized spacial score (nSPS) is 14.1. The van der Waals surface area contributed by atoms with Crippen LogP contribution in [0.1, 0.15) is 37.0 Å². The van der Waals surface area contributed by atoms with Crippen LogP contribution >= 0.6 is 0 Å². The summed E-state index contributed by atoms with van der Waals surface area (Å²) in [6.07, 6.45) is 2.09. The number of nitrogens with one attached hydrogen (secondary N) is 2. The average molecular weight is 422 g/mol. The van der Waals surface area contributed by atoms with E-state index in [0.717, 1.165) is 37.2 Å². The Hall–Kier alpha value is -3.28. The smallest absolute Gasteiger partial charge is 0.253 e. The molecule has 1 aliphatic rings. The lowest BCUT2D eigenvalue weighted by Crippen LogP contribution is -2.37. The maximum Gasteiger partial charge on any atom is 0.253 e. The fourth-order valence-corrected chi connectivity index (χ4v) is 3.43. The lowest BCUT2D eigenvalue weighted by Gasteiger charge is -2.30. The van der Waals surface area contributed by atoms with Crippen LogP contribution in [0.15, 0.2) is 60.7 Å². The average Bonchev–Trinajstić information content (AvgIpc) is 2.77. The van der Waals surface area contributed by atoms with E-state index in [0.29, 0.717) is 29.5 Å². The van der Waals surface area contributed by atoms with E-state index in [2.05, 4.69) is 24.1 Å². The first-order chi connectivity index (χ1) is 14.9. The molecule has 1 heterocycles. The fourth-order valence-electron chi connectivity index (χ4n) is 3.43. The zero-order valence-electron chi connectivity index (χ0n) is 18.3. The number of hydrogen-bond donors (Lipinski definition) is 2. The van der Waals surface area contributed by atoms with Crippen LogP contribution in [0, 0.1) is 5.92 Å². The Bertz CT molecular complexity index is 933. The number of piperidine rings is 1. The highest BCUT2D eigenvalue weighted by molar-refractivity contribution is 5.96. The van der Waals surface area contributed by atoms with Gasteiger partial charge in [0.2, 0.25) is 5.91 Å². The van der Waals surface area contributed by atoms with Gasteiger partial charge in [0.25, 0.3) is 5.91 Å². The number of nitrogens with zero attached hydrogens (tertiary/aromatic N) is 1. The molecule has 0 radical (unpaired) electrons. The number of benzene rings is 2. The van der Waals surface area contributed by atoms with Crippen LogP contribution in [-0.4, -0.2) is 43.0 Å². The molecule has 1 aliphatic heterocycles. The van der Waals surface area contributed by atoms with Crippen molar-refractivity contribution in [2.75, 3.05) is 36.9 Å². The van der Waals surface area contributed by atoms with Gasteiger partial charge in [-0.15, -0.1) is 0 Å². The quantitative estimate of drug-likeness (QED) is 0.613. The Balaban J connectivity index is 1.56. The van der Waals surface area contributed by atoms with Gasteiger partial charge >= 0.3 is 0 Å². The Morgan fingerprint density at radius 1 is 1.13 bits per heavy atom. The molecule has 1 fully saturated rings. The highest BCUT2D eigenvalue weighted by Crippen LogP contribution is 2.24. The zero-order chi connectivity index (χ0) is 22.2. The minimum atomic E-state index is -0.201. The van der Waals surface area contributed by atoms with Crippen molar-refractivity contribution in [2.45, 2.75) is 26.7 Å². The molecule has 0 saturated carbocycles. The van der Waals surface area contributed by atoms with Gasteiger partial charge in [-0.05, 0) is 61.6 Å². The Labute approximate surface area is 184 Å². The molecule has 2 amide bonds. The number of hydrogen-bond acceptors (Lipinski definition) is 4. The summed E-state index contributed by atoms with van der Waals surface area (Å²) in [5.41, 5.74) is 2.88. The number of carbonyl (C=O) groups is 2. The molecule has 0 atom stereocenters. The van der Waals surface area contributed by atoms with Gasteiger partial charge in [-0.25, -0.2) is 0 Å². The van der Waals surface area contributed by atoms with Gasteiger partial charge in [-0.1, -0.05) is 31.7 Å². The second-order valence-electron chi connectivity index (χ2n) is 8.20. The van der Waals surface area contributed by atoms with Gasteiger partial charge in [0.15, 0.2) is 0 Å². The third-order valence-corrected chi connectivity index (χ3v) is 5.27. The van der Waals surface area contributed by atoms with E-state index in [1.54, 1.807) is 12.1 Å². The number of para-hydroxylation sites is 2. The first-order valence-electron chi connectivity index (χ1n) is 10.7. The third-order valence-electron chi connectivity index (χ3n) is 5.27. The van der Waals surface area contributed by atoms with Crippen molar-refractivity contribution in [3.05, 3.63) is 66.2 Å². The third kappa shape index (κ3) is 6.60. The summed E-state index contributed by atoms with van der Waals surface area (Å²) in [5, 5.41) is 5.97. The molecule has 0 unspecified atom stereocenters. The molecule has 1 saturated heterocycles. The lowest BCUT2D eigenvalue weighted by molar-refractivity contribution is -0.114. The topological polar surface area (TPSA) is 70.7 Å². The molecule has 3 rings (SSSR count). The molecule has 0 aliphatic carbocycles. The Morgan fingerprint density at radius 2 is 1.87 bits per heavy atom. The monoisotopic (exact) mass is 421 g/mol. The molecule has 0 bridgehead atoms. The van der Waals surface area contributed by atoms with Crippen molar-refractivity contribution in [1.82, 2.24) is 4.90 Å². The van der Waals surface area contributed by atoms with E-state index in [1.165, 1.54) is 0 Å². The van der Waals surface area contributed by atoms with E-state index < -0.39 is 0 Å². The summed E-state index contributed by atoms with van der Waals surface area (Å²) in [6, 6.07) is 14.6. The van der Waals surface area contributed by atoms with E-state index in [9.17, 15) is 9.59 Å². The van der Waals surface area contributed by atoms with E-state index in [4.69, 9.17) is 4.74 Å². The molecule has 0 spiro atoms. The van der Waals surface area contributed by atoms with E-state index in [-0.39, 0.29) is 18.4 Å². The molecule has 0 aromatic heterocycles. The zero-order valence-corrected chi connectivity index (χ0v) is 18.3. The first kappa shape index (κ1) is 22.4. The summed E-state index contributed by atoms with van der Waals surface area (Å²) >= 11 is 0. The van der Waals surface area contributed by atoms with Crippen LogP contribution in [0.25, 0.3) is 0 Å². The maximum atomic E-state index is 12.8. The molecule has 6 nitrogen and oxygen atoms in total. The second-order valence-corrected chi connectivity index (χ2v) is 8.20. The van der Waals surface area contributed by atoms with Gasteiger partial charge in [0.05, 0.1) is 12.2 Å². The number of likely N-dealkylation sites (tertiary alicyclic amines) is 1. The first-order valence-corrected chi connectivity index (χ1v) is 10.7. The van der Waals surface area contributed by atoms with Crippen LogP contribution in [0.3, 0.4) is 0 Å². The van der Waals surface area contributed by atoms with Gasteiger partial charge in [-0.3, -0.25) is 9.59 Å². The molecular formula is C25H31N3O3. The van der Waals surface area contributed by atoms with Crippen molar-refractivity contribution in [3.63, 3.8) is 0 Å². The van der Waals surface area contributed by atoms with Crippen LogP contribution in [0.5, 0.6) is 5.75 Å². The fraction of sp³-hybridized carbons (Fsp3) is 0.360. The number of ether oxygens (including phenoxy) is 1. The van der Waals surface area contributed by atoms with Crippen molar-refractivity contribution in [2.24, 2.45) is 5.92 Å². The van der Waals surface area contributed by atoms with Crippen LogP contribution in [0.4, 0.5) is 11.4 Å². The Kier molecular flexibility index (Phi) is 7.70. The summed E-state index contributed by atoms with van der Waals surface area (Å²) in [7, 11) is 0. The number of carbonyl (C=O) groups excluding carboxylic acids is 2. The number of amides is 2. The van der Waals surface area contributed by atoms with Gasteiger partial charge in [0, 0.05) is 24.3 Å². The molecule has 6 heteroatoms. The molecular weight excluding hydrogens is 390 g/mol. The molecule has 2 aromatic carbocycles. The minimum absolute atomic E-state index is 0.0450. The van der Waals surface area contributed by atoms with E-state index in [1.807, 2.05) is 48.2 Å². The van der Waals surface area contributed by atoms with Crippen LogP contribution in [0.2, 0.25) is 0 Å².